The Hall–Kier alpha value is -2.23. The minimum Gasteiger partial charge on any atom is -0.355 e. The smallest absolute Gasteiger partial charge is 0.253 e. The third kappa shape index (κ3) is 1.91. The first-order chi connectivity index (χ1) is 7.83. The fraction of sp³-hybridized carbons (Fsp3) is 0.0833. The van der Waals surface area contributed by atoms with Crippen molar-refractivity contribution in [3.63, 3.8) is 0 Å². The van der Waals surface area contributed by atoms with Crippen molar-refractivity contribution in [2.45, 2.75) is 0 Å². The minimum atomic E-state index is -0.159. The molecule has 0 fully saturated rings. The van der Waals surface area contributed by atoms with Crippen molar-refractivity contribution < 1.29 is 4.79 Å². The van der Waals surface area contributed by atoms with Gasteiger partial charge >= 0.3 is 0 Å². The van der Waals surface area contributed by atoms with Crippen molar-refractivity contribution in [1.82, 2.24) is 15.3 Å². The van der Waals surface area contributed by atoms with Crippen LogP contribution in [0, 0.1) is 0 Å². The Morgan fingerprint density at radius 1 is 1.25 bits per heavy atom. The van der Waals surface area contributed by atoms with Crippen molar-refractivity contribution in [3.05, 3.63) is 48.4 Å². The number of hydrogen-bond acceptors (Lipinski definition) is 3. The quantitative estimate of drug-likeness (QED) is 0.822. The largest absolute Gasteiger partial charge is 0.355 e. The zero-order valence-corrected chi connectivity index (χ0v) is 8.84. The van der Waals surface area contributed by atoms with Crippen LogP contribution in [0.25, 0.3) is 11.3 Å². The predicted octanol–water partition coefficient (Wildman–Crippen LogP) is 1.50. The number of carbonyl (C=O) groups excluding carboxylic acids is 1. The van der Waals surface area contributed by atoms with E-state index in [4.69, 9.17) is 0 Å². The Kier molecular flexibility index (Phi) is 2.91. The molecule has 1 amide bonds. The Morgan fingerprint density at radius 3 is 2.81 bits per heavy atom. The number of nitrogens with one attached hydrogen (secondary N) is 1. The molecule has 0 saturated heterocycles. The maximum absolute atomic E-state index is 11.6. The maximum atomic E-state index is 11.6. The van der Waals surface area contributed by atoms with Gasteiger partial charge in [-0.05, 0) is 18.2 Å². The first-order valence-electron chi connectivity index (χ1n) is 4.90. The molecule has 0 aliphatic carbocycles. The van der Waals surface area contributed by atoms with E-state index >= 15 is 0 Å². The van der Waals surface area contributed by atoms with Crippen LogP contribution in [0.2, 0.25) is 0 Å². The van der Waals surface area contributed by atoms with Crippen LogP contribution in [0.1, 0.15) is 10.4 Å². The summed E-state index contributed by atoms with van der Waals surface area (Å²) in [5, 5.41) is 2.58. The highest BCUT2D eigenvalue weighted by molar-refractivity contribution is 5.99. The first-order valence-corrected chi connectivity index (χ1v) is 4.90. The standard InChI is InChI=1S/C12H11N3O/c1-13-12(16)10-8-14-7-5-9(10)11-4-2-3-6-15-11/h2-8H,1H3,(H,13,16). The van der Waals surface area contributed by atoms with Gasteiger partial charge in [-0.25, -0.2) is 0 Å². The van der Waals surface area contributed by atoms with Crippen molar-refractivity contribution in [3.8, 4) is 11.3 Å². The van der Waals surface area contributed by atoms with E-state index in [0.717, 1.165) is 11.3 Å². The summed E-state index contributed by atoms with van der Waals surface area (Å²) in [4.78, 5) is 19.8. The number of nitrogens with zero attached hydrogens (tertiary/aromatic N) is 2. The second-order valence-electron chi connectivity index (χ2n) is 3.22. The summed E-state index contributed by atoms with van der Waals surface area (Å²) < 4.78 is 0. The molecule has 1 N–H and O–H groups in total. The lowest BCUT2D eigenvalue weighted by molar-refractivity contribution is 0.0963. The third-order valence-corrected chi connectivity index (χ3v) is 2.23. The molecule has 0 unspecified atom stereocenters. The summed E-state index contributed by atoms with van der Waals surface area (Å²) in [6, 6.07) is 7.37. The van der Waals surface area contributed by atoms with Gasteiger partial charge < -0.3 is 5.32 Å². The van der Waals surface area contributed by atoms with E-state index in [9.17, 15) is 4.79 Å². The fourth-order valence-corrected chi connectivity index (χ4v) is 1.46. The van der Waals surface area contributed by atoms with Crippen LogP contribution in [-0.4, -0.2) is 22.9 Å². The van der Waals surface area contributed by atoms with Crippen LogP contribution in [0.5, 0.6) is 0 Å². The normalized spacial score (nSPS) is 9.81. The lowest BCUT2D eigenvalue weighted by atomic mass is 10.1. The molecule has 0 aliphatic rings. The molecule has 0 atom stereocenters. The zero-order chi connectivity index (χ0) is 11.4. The van der Waals surface area contributed by atoms with Crippen LogP contribution >= 0.6 is 0 Å². The zero-order valence-electron chi connectivity index (χ0n) is 8.84. The van der Waals surface area contributed by atoms with Crippen LogP contribution in [-0.2, 0) is 0 Å². The average Bonchev–Trinajstić information content (AvgIpc) is 2.39. The van der Waals surface area contributed by atoms with Crippen LogP contribution in [0.4, 0.5) is 0 Å². The molecule has 0 aliphatic heterocycles. The molecular formula is C12H11N3O. The molecule has 0 radical (unpaired) electrons. The van der Waals surface area contributed by atoms with E-state index in [1.54, 1.807) is 31.7 Å². The van der Waals surface area contributed by atoms with Gasteiger partial charge in [0.25, 0.3) is 5.91 Å². The second kappa shape index (κ2) is 4.53. The third-order valence-electron chi connectivity index (χ3n) is 2.23. The SMILES string of the molecule is CNC(=O)c1cnccc1-c1ccccn1. The minimum absolute atomic E-state index is 0.159. The van der Waals surface area contributed by atoms with Gasteiger partial charge in [0.05, 0.1) is 11.3 Å². The van der Waals surface area contributed by atoms with Gasteiger partial charge in [0, 0.05) is 31.2 Å². The Labute approximate surface area is 93.4 Å². The van der Waals surface area contributed by atoms with Gasteiger partial charge in [-0.15, -0.1) is 0 Å². The van der Waals surface area contributed by atoms with Gasteiger partial charge in [0.2, 0.25) is 0 Å². The van der Waals surface area contributed by atoms with Gasteiger partial charge in [0.15, 0.2) is 0 Å². The molecule has 4 nitrogen and oxygen atoms in total. The molecule has 2 heterocycles. The van der Waals surface area contributed by atoms with E-state index in [-0.39, 0.29) is 5.91 Å². The Balaban J connectivity index is 2.53. The van der Waals surface area contributed by atoms with Gasteiger partial charge in [-0.3, -0.25) is 14.8 Å². The van der Waals surface area contributed by atoms with Crippen LogP contribution < -0.4 is 5.32 Å². The molecule has 4 heteroatoms. The molecule has 2 rings (SSSR count). The monoisotopic (exact) mass is 213 g/mol. The molecule has 0 bridgehead atoms. The van der Waals surface area contributed by atoms with Gasteiger partial charge in [-0.1, -0.05) is 6.07 Å². The number of aromatic nitrogens is 2. The molecule has 16 heavy (non-hydrogen) atoms. The van der Waals surface area contributed by atoms with Gasteiger partial charge in [0.1, 0.15) is 0 Å². The lowest BCUT2D eigenvalue weighted by Gasteiger charge is -2.06. The number of hydrogen-bond donors (Lipinski definition) is 1. The van der Waals surface area contributed by atoms with Gasteiger partial charge in [-0.2, -0.15) is 0 Å². The van der Waals surface area contributed by atoms with E-state index < -0.39 is 0 Å². The number of amides is 1. The molecule has 2 aromatic rings. The maximum Gasteiger partial charge on any atom is 0.253 e. The highest BCUT2D eigenvalue weighted by atomic mass is 16.1. The summed E-state index contributed by atoms with van der Waals surface area (Å²) in [5.74, 6) is -0.159. The molecule has 80 valence electrons. The number of rotatable bonds is 2. The topological polar surface area (TPSA) is 54.9 Å². The summed E-state index contributed by atoms with van der Waals surface area (Å²) in [6.45, 7) is 0. The Bertz CT molecular complexity index is 497. The van der Waals surface area contributed by atoms with E-state index in [2.05, 4.69) is 15.3 Å². The average molecular weight is 213 g/mol. The number of carbonyl (C=O) groups is 1. The second-order valence-corrected chi connectivity index (χ2v) is 3.22. The molecule has 2 aromatic heterocycles. The van der Waals surface area contributed by atoms with E-state index in [0.29, 0.717) is 5.56 Å². The fourth-order valence-electron chi connectivity index (χ4n) is 1.46. The summed E-state index contributed by atoms with van der Waals surface area (Å²) in [6.07, 6.45) is 4.89. The summed E-state index contributed by atoms with van der Waals surface area (Å²) in [7, 11) is 1.59. The van der Waals surface area contributed by atoms with Crippen LogP contribution in [0.15, 0.2) is 42.9 Å². The van der Waals surface area contributed by atoms with Crippen molar-refractivity contribution >= 4 is 5.91 Å². The van der Waals surface area contributed by atoms with E-state index in [1.807, 2.05) is 18.2 Å². The predicted molar refractivity (Wildman–Crippen MR) is 60.9 cm³/mol. The van der Waals surface area contributed by atoms with Crippen LogP contribution in [0.3, 0.4) is 0 Å². The van der Waals surface area contributed by atoms with Crippen molar-refractivity contribution in [2.75, 3.05) is 7.05 Å². The Morgan fingerprint density at radius 2 is 2.12 bits per heavy atom. The molecule has 0 aromatic carbocycles. The highest BCUT2D eigenvalue weighted by Gasteiger charge is 2.11. The highest BCUT2D eigenvalue weighted by Crippen LogP contribution is 2.19. The molecular weight excluding hydrogens is 202 g/mol. The summed E-state index contributed by atoms with van der Waals surface area (Å²) >= 11 is 0. The summed E-state index contributed by atoms with van der Waals surface area (Å²) in [5.41, 5.74) is 2.09. The lowest BCUT2D eigenvalue weighted by Crippen LogP contribution is -2.19. The van der Waals surface area contributed by atoms with E-state index in [1.165, 1.54) is 0 Å². The molecule has 0 saturated carbocycles. The van der Waals surface area contributed by atoms with Crippen molar-refractivity contribution in [1.29, 1.82) is 0 Å². The first kappa shape index (κ1) is 10.3. The van der Waals surface area contributed by atoms with Crippen molar-refractivity contribution in [2.24, 2.45) is 0 Å². The molecule has 0 spiro atoms. The number of pyridine rings is 2.